The van der Waals surface area contributed by atoms with E-state index in [1.165, 1.54) is 11.1 Å². The Kier molecular flexibility index (Phi) is 6.00. The van der Waals surface area contributed by atoms with Crippen molar-refractivity contribution in [3.63, 3.8) is 0 Å². The zero-order valence-corrected chi connectivity index (χ0v) is 19.5. The van der Waals surface area contributed by atoms with Crippen LogP contribution in [0.15, 0.2) is 54.7 Å². The minimum atomic E-state index is -1.80. The predicted octanol–water partition coefficient (Wildman–Crippen LogP) is 3.56. The molecular formula is C25H23N3O6S. The Hall–Kier alpha value is -3.76. The van der Waals surface area contributed by atoms with E-state index >= 15 is 0 Å². The SMILES string of the molecule is O=C(Nc1ncc(C(=O)N2CCC(O)(C(=O)O)CC2)s1)OCC1c2ccccc2-c2ccccc21. The van der Waals surface area contributed by atoms with Crippen molar-refractivity contribution in [2.24, 2.45) is 0 Å². The zero-order valence-electron chi connectivity index (χ0n) is 18.6. The first-order chi connectivity index (χ1) is 16.9. The van der Waals surface area contributed by atoms with Gasteiger partial charge in [0.1, 0.15) is 11.5 Å². The van der Waals surface area contributed by atoms with Gasteiger partial charge in [0.25, 0.3) is 5.91 Å². The number of carboxylic acid groups (broad SMARTS) is 1. The van der Waals surface area contributed by atoms with Gasteiger partial charge >= 0.3 is 12.1 Å². The van der Waals surface area contributed by atoms with Crippen LogP contribution in [-0.4, -0.2) is 63.4 Å². The third kappa shape index (κ3) is 4.38. The highest BCUT2D eigenvalue weighted by atomic mass is 32.1. The number of hydrogen-bond donors (Lipinski definition) is 3. The molecule has 2 aliphatic rings. The molecule has 1 saturated heterocycles. The molecule has 1 aliphatic carbocycles. The molecule has 1 aliphatic heterocycles. The Labute approximate surface area is 205 Å². The number of piperidine rings is 1. The molecule has 3 N–H and O–H groups in total. The number of carboxylic acids is 1. The molecule has 5 rings (SSSR count). The highest BCUT2D eigenvalue weighted by Crippen LogP contribution is 2.44. The Morgan fingerprint density at radius 1 is 1.06 bits per heavy atom. The Balaban J connectivity index is 1.18. The molecule has 10 heteroatoms. The molecule has 1 fully saturated rings. The van der Waals surface area contributed by atoms with Crippen LogP contribution in [0.25, 0.3) is 11.1 Å². The van der Waals surface area contributed by atoms with E-state index in [2.05, 4.69) is 22.4 Å². The smallest absolute Gasteiger partial charge is 0.413 e. The molecule has 2 heterocycles. The molecule has 180 valence electrons. The number of carbonyl (C=O) groups is 3. The average molecular weight is 494 g/mol. The highest BCUT2D eigenvalue weighted by Gasteiger charge is 2.40. The van der Waals surface area contributed by atoms with Crippen molar-refractivity contribution in [1.29, 1.82) is 0 Å². The molecular weight excluding hydrogens is 470 g/mol. The number of ether oxygens (including phenoxy) is 1. The van der Waals surface area contributed by atoms with Gasteiger partial charge in [0.2, 0.25) is 0 Å². The van der Waals surface area contributed by atoms with Gasteiger partial charge in [0, 0.05) is 31.8 Å². The number of aliphatic carboxylic acids is 1. The average Bonchev–Trinajstić information content (AvgIpc) is 3.45. The lowest BCUT2D eigenvalue weighted by molar-refractivity contribution is -0.162. The molecule has 0 atom stereocenters. The van der Waals surface area contributed by atoms with Crippen molar-refractivity contribution in [2.45, 2.75) is 24.4 Å². The first kappa shape index (κ1) is 23.0. The van der Waals surface area contributed by atoms with Crippen LogP contribution < -0.4 is 5.32 Å². The van der Waals surface area contributed by atoms with E-state index in [-0.39, 0.29) is 49.5 Å². The van der Waals surface area contributed by atoms with E-state index in [0.717, 1.165) is 33.6 Å². The number of hydrogen-bond acceptors (Lipinski definition) is 7. The molecule has 0 radical (unpaired) electrons. The fraction of sp³-hybridized carbons (Fsp3) is 0.280. The number of aromatic nitrogens is 1. The number of fused-ring (bicyclic) bond motifs is 3. The van der Waals surface area contributed by atoms with Gasteiger partial charge in [-0.25, -0.2) is 14.6 Å². The summed E-state index contributed by atoms with van der Waals surface area (Å²) in [6, 6.07) is 16.1. The summed E-state index contributed by atoms with van der Waals surface area (Å²) in [5.41, 5.74) is 2.70. The third-order valence-electron chi connectivity index (χ3n) is 6.55. The number of amides is 2. The number of anilines is 1. The topological polar surface area (TPSA) is 129 Å². The first-order valence-electron chi connectivity index (χ1n) is 11.2. The monoisotopic (exact) mass is 493 g/mol. The molecule has 0 spiro atoms. The largest absolute Gasteiger partial charge is 0.479 e. The number of nitrogens with one attached hydrogen (secondary N) is 1. The molecule has 0 saturated carbocycles. The number of benzene rings is 2. The summed E-state index contributed by atoms with van der Waals surface area (Å²) < 4.78 is 5.51. The first-order valence-corrected chi connectivity index (χ1v) is 12.0. The molecule has 9 nitrogen and oxygen atoms in total. The Bertz CT molecular complexity index is 1250. The Morgan fingerprint density at radius 3 is 2.26 bits per heavy atom. The zero-order chi connectivity index (χ0) is 24.6. The standard InChI is InChI=1S/C25H23N3O6S/c29-21(28-11-9-25(33,10-12-28)22(30)31)20-13-26-23(35-20)27-24(32)34-14-19-17-7-3-1-5-15(17)16-6-2-4-8-18(16)19/h1-8,13,19,33H,9-12,14H2,(H,30,31)(H,26,27,32). The quantitative estimate of drug-likeness (QED) is 0.496. The Morgan fingerprint density at radius 2 is 1.66 bits per heavy atom. The fourth-order valence-corrected chi connectivity index (χ4v) is 5.37. The fourth-order valence-electron chi connectivity index (χ4n) is 4.60. The highest BCUT2D eigenvalue weighted by molar-refractivity contribution is 7.17. The second-order valence-electron chi connectivity index (χ2n) is 8.61. The van der Waals surface area contributed by atoms with E-state index in [9.17, 15) is 19.5 Å². The van der Waals surface area contributed by atoms with E-state index in [0.29, 0.717) is 4.88 Å². The molecule has 35 heavy (non-hydrogen) atoms. The van der Waals surface area contributed by atoms with Gasteiger partial charge in [-0.2, -0.15) is 0 Å². The lowest BCUT2D eigenvalue weighted by Crippen LogP contribution is -2.50. The lowest BCUT2D eigenvalue weighted by Gasteiger charge is -2.35. The van der Waals surface area contributed by atoms with Gasteiger partial charge in [-0.15, -0.1) is 0 Å². The summed E-state index contributed by atoms with van der Waals surface area (Å²) in [5.74, 6) is -1.67. The van der Waals surface area contributed by atoms with E-state index in [1.54, 1.807) is 0 Å². The number of likely N-dealkylation sites (tertiary alicyclic amines) is 1. The van der Waals surface area contributed by atoms with Crippen molar-refractivity contribution in [3.05, 3.63) is 70.7 Å². The third-order valence-corrected chi connectivity index (χ3v) is 7.45. The van der Waals surface area contributed by atoms with Crippen molar-refractivity contribution >= 4 is 34.4 Å². The number of thiazole rings is 1. The van der Waals surface area contributed by atoms with Gasteiger partial charge in [-0.3, -0.25) is 10.1 Å². The minimum Gasteiger partial charge on any atom is -0.479 e. The summed E-state index contributed by atoms with van der Waals surface area (Å²) in [6.45, 7) is 0.403. The maximum absolute atomic E-state index is 12.7. The molecule has 0 unspecified atom stereocenters. The van der Waals surface area contributed by atoms with Crippen LogP contribution in [-0.2, 0) is 9.53 Å². The summed E-state index contributed by atoms with van der Waals surface area (Å²) in [6.07, 6.45) is 0.615. The lowest BCUT2D eigenvalue weighted by atomic mass is 9.91. The van der Waals surface area contributed by atoms with Crippen LogP contribution in [0.3, 0.4) is 0 Å². The van der Waals surface area contributed by atoms with Crippen LogP contribution in [0, 0.1) is 0 Å². The summed E-state index contributed by atoms with van der Waals surface area (Å²) in [7, 11) is 0. The maximum atomic E-state index is 12.7. The maximum Gasteiger partial charge on any atom is 0.413 e. The van der Waals surface area contributed by atoms with Gasteiger partial charge in [0.15, 0.2) is 10.7 Å². The van der Waals surface area contributed by atoms with Gasteiger partial charge < -0.3 is 19.8 Å². The van der Waals surface area contributed by atoms with Crippen LogP contribution >= 0.6 is 11.3 Å². The molecule has 2 aromatic carbocycles. The van der Waals surface area contributed by atoms with Gasteiger partial charge in [-0.1, -0.05) is 59.9 Å². The molecule has 0 bridgehead atoms. The number of aliphatic hydroxyl groups is 1. The summed E-state index contributed by atoms with van der Waals surface area (Å²) >= 11 is 1.01. The second kappa shape index (κ2) is 9.12. The number of nitrogens with zero attached hydrogens (tertiary/aromatic N) is 2. The molecule has 1 aromatic heterocycles. The van der Waals surface area contributed by atoms with Crippen LogP contribution in [0.1, 0.15) is 39.6 Å². The van der Waals surface area contributed by atoms with Crippen molar-refractivity contribution < 1.29 is 29.3 Å². The number of rotatable bonds is 5. The van der Waals surface area contributed by atoms with E-state index in [4.69, 9.17) is 9.84 Å². The summed E-state index contributed by atoms with van der Waals surface area (Å²) in [5, 5.41) is 22.0. The molecule has 2 amide bonds. The van der Waals surface area contributed by atoms with Gasteiger partial charge in [-0.05, 0) is 22.3 Å². The van der Waals surface area contributed by atoms with E-state index in [1.807, 2.05) is 36.4 Å². The van der Waals surface area contributed by atoms with Gasteiger partial charge in [0.05, 0.1) is 6.20 Å². The van der Waals surface area contributed by atoms with Crippen LogP contribution in [0.2, 0.25) is 0 Å². The predicted molar refractivity (Wildman–Crippen MR) is 129 cm³/mol. The van der Waals surface area contributed by atoms with Crippen molar-refractivity contribution in [1.82, 2.24) is 9.88 Å². The van der Waals surface area contributed by atoms with Crippen LogP contribution in [0.5, 0.6) is 0 Å². The van der Waals surface area contributed by atoms with Crippen LogP contribution in [0.4, 0.5) is 9.93 Å². The van der Waals surface area contributed by atoms with Crippen molar-refractivity contribution in [3.8, 4) is 11.1 Å². The normalized spacial score (nSPS) is 16.3. The second-order valence-corrected chi connectivity index (χ2v) is 9.64. The van der Waals surface area contributed by atoms with E-state index < -0.39 is 17.7 Å². The molecule has 3 aromatic rings. The minimum absolute atomic E-state index is 0.0439. The van der Waals surface area contributed by atoms with Crippen molar-refractivity contribution in [2.75, 3.05) is 25.0 Å². The summed E-state index contributed by atoms with van der Waals surface area (Å²) in [4.78, 5) is 42.3. The number of carbonyl (C=O) groups excluding carboxylic acids is 2.